The number of carbonyl (C=O) groups is 1. The van der Waals surface area contributed by atoms with Gasteiger partial charge in [-0.2, -0.15) is 5.26 Å². The van der Waals surface area contributed by atoms with E-state index in [4.69, 9.17) is 0 Å². The number of hydrogen-bond acceptors (Lipinski definition) is 2. The van der Waals surface area contributed by atoms with E-state index in [1.165, 1.54) is 6.92 Å². The van der Waals surface area contributed by atoms with Crippen molar-refractivity contribution >= 4 is 5.78 Å². The third-order valence-corrected chi connectivity index (χ3v) is 4.41. The van der Waals surface area contributed by atoms with Gasteiger partial charge in [-0.25, -0.2) is 0 Å². The average Bonchev–Trinajstić information content (AvgIpc) is 2.87. The van der Waals surface area contributed by atoms with E-state index < -0.39 is 0 Å². The maximum Gasteiger partial charge on any atom is 0.176 e. The second-order valence-corrected chi connectivity index (χ2v) is 5.85. The molecule has 3 nitrogen and oxygen atoms in total. The molecule has 0 fully saturated rings. The van der Waals surface area contributed by atoms with Gasteiger partial charge in [0.15, 0.2) is 5.78 Å². The first kappa shape index (κ1) is 15.8. The highest BCUT2D eigenvalue weighted by Crippen LogP contribution is 2.33. The number of benzene rings is 2. The molecule has 0 aliphatic rings. The van der Waals surface area contributed by atoms with E-state index >= 15 is 0 Å². The number of Topliss-reactive ketones (excluding diaryl/α,β-unsaturated/α-hetero) is 1. The molecular formula is C21H18N2O. The van der Waals surface area contributed by atoms with Crippen molar-refractivity contribution in [1.29, 1.82) is 5.26 Å². The van der Waals surface area contributed by atoms with Gasteiger partial charge in [-0.05, 0) is 23.6 Å². The van der Waals surface area contributed by atoms with Crippen LogP contribution in [-0.4, -0.2) is 10.4 Å². The van der Waals surface area contributed by atoms with Gasteiger partial charge in [-0.3, -0.25) is 4.79 Å². The fourth-order valence-corrected chi connectivity index (χ4v) is 3.09. The van der Waals surface area contributed by atoms with Crippen LogP contribution >= 0.6 is 0 Å². The lowest BCUT2D eigenvalue weighted by Crippen LogP contribution is -2.04. The Morgan fingerprint density at radius 1 is 0.958 bits per heavy atom. The first-order valence-corrected chi connectivity index (χ1v) is 7.80. The second-order valence-electron chi connectivity index (χ2n) is 5.85. The van der Waals surface area contributed by atoms with E-state index in [0.29, 0.717) is 11.3 Å². The zero-order valence-corrected chi connectivity index (χ0v) is 14.0. The van der Waals surface area contributed by atoms with Crippen LogP contribution in [0.5, 0.6) is 0 Å². The minimum absolute atomic E-state index is 0.0377. The molecule has 0 atom stereocenters. The Labute approximate surface area is 141 Å². The van der Waals surface area contributed by atoms with Gasteiger partial charge in [0.2, 0.25) is 0 Å². The Balaban J connectivity index is 2.15. The molecule has 0 bridgehead atoms. The molecule has 24 heavy (non-hydrogen) atoms. The molecule has 0 spiro atoms. The minimum Gasteiger partial charge on any atom is -0.344 e. The summed E-state index contributed by atoms with van der Waals surface area (Å²) in [5.74, 6) is -0.0377. The number of rotatable bonds is 3. The van der Waals surface area contributed by atoms with Crippen LogP contribution in [0.3, 0.4) is 0 Å². The molecule has 0 aliphatic heterocycles. The molecule has 0 amide bonds. The van der Waals surface area contributed by atoms with E-state index in [1.807, 2.05) is 56.4 Å². The van der Waals surface area contributed by atoms with Gasteiger partial charge in [0.05, 0.1) is 11.3 Å². The predicted octanol–water partition coefficient (Wildman–Crippen LogP) is 4.74. The maximum absolute atomic E-state index is 12.1. The maximum atomic E-state index is 12.1. The molecule has 3 rings (SSSR count). The van der Waals surface area contributed by atoms with Crippen molar-refractivity contribution in [1.82, 2.24) is 4.57 Å². The van der Waals surface area contributed by atoms with E-state index in [9.17, 15) is 10.1 Å². The van der Waals surface area contributed by atoms with Gasteiger partial charge in [0.1, 0.15) is 6.07 Å². The van der Waals surface area contributed by atoms with Crippen molar-refractivity contribution in [2.75, 3.05) is 0 Å². The van der Waals surface area contributed by atoms with Crippen LogP contribution in [-0.2, 0) is 7.05 Å². The van der Waals surface area contributed by atoms with Crippen molar-refractivity contribution in [3.63, 3.8) is 0 Å². The topological polar surface area (TPSA) is 45.8 Å². The van der Waals surface area contributed by atoms with Crippen molar-refractivity contribution in [3.8, 4) is 28.3 Å². The normalized spacial score (nSPS) is 10.4. The fourth-order valence-electron chi connectivity index (χ4n) is 3.09. The fraction of sp³-hybridized carbons (Fsp3) is 0.143. The summed E-state index contributed by atoms with van der Waals surface area (Å²) >= 11 is 0. The molecule has 0 aliphatic carbocycles. The van der Waals surface area contributed by atoms with Crippen LogP contribution in [0.15, 0.2) is 54.6 Å². The number of nitriles is 1. The second kappa shape index (κ2) is 6.17. The lowest BCUT2D eigenvalue weighted by molar-refractivity contribution is 0.101. The zero-order chi connectivity index (χ0) is 17.3. The van der Waals surface area contributed by atoms with Gasteiger partial charge in [-0.15, -0.1) is 0 Å². The van der Waals surface area contributed by atoms with Crippen molar-refractivity contribution in [2.24, 2.45) is 7.05 Å². The monoisotopic (exact) mass is 314 g/mol. The van der Waals surface area contributed by atoms with Gasteiger partial charge >= 0.3 is 0 Å². The van der Waals surface area contributed by atoms with Crippen molar-refractivity contribution in [2.45, 2.75) is 13.8 Å². The number of aromatic nitrogens is 1. The van der Waals surface area contributed by atoms with Crippen LogP contribution in [0, 0.1) is 18.3 Å². The number of carbonyl (C=O) groups excluding carboxylic acids is 1. The first-order valence-electron chi connectivity index (χ1n) is 7.80. The molecule has 118 valence electrons. The largest absolute Gasteiger partial charge is 0.344 e. The Bertz CT molecular complexity index is 942. The zero-order valence-electron chi connectivity index (χ0n) is 14.0. The summed E-state index contributed by atoms with van der Waals surface area (Å²) < 4.78 is 1.81. The molecule has 1 heterocycles. The number of hydrogen-bond donors (Lipinski definition) is 0. The smallest absolute Gasteiger partial charge is 0.176 e. The summed E-state index contributed by atoms with van der Waals surface area (Å²) in [6, 6.07) is 20.4. The van der Waals surface area contributed by atoms with Crippen molar-refractivity contribution < 1.29 is 4.79 Å². The summed E-state index contributed by atoms with van der Waals surface area (Å²) in [4.78, 5) is 12.1. The molecule has 1 aromatic heterocycles. The molecule has 0 saturated heterocycles. The van der Waals surface area contributed by atoms with E-state index in [-0.39, 0.29) is 5.78 Å². The quantitative estimate of drug-likeness (QED) is 0.655. The van der Waals surface area contributed by atoms with Crippen LogP contribution in [0.1, 0.15) is 28.7 Å². The van der Waals surface area contributed by atoms with Crippen LogP contribution in [0.4, 0.5) is 0 Å². The van der Waals surface area contributed by atoms with E-state index in [2.05, 4.69) is 18.2 Å². The Kier molecular flexibility index (Phi) is 4.05. The van der Waals surface area contributed by atoms with Gasteiger partial charge < -0.3 is 4.57 Å². The van der Waals surface area contributed by atoms with Crippen LogP contribution in [0.25, 0.3) is 22.3 Å². The lowest BCUT2D eigenvalue weighted by Gasteiger charge is -2.07. The van der Waals surface area contributed by atoms with Crippen LogP contribution < -0.4 is 0 Å². The van der Waals surface area contributed by atoms with E-state index in [1.54, 1.807) is 4.57 Å². The third-order valence-electron chi connectivity index (χ3n) is 4.41. The summed E-state index contributed by atoms with van der Waals surface area (Å²) in [6.45, 7) is 3.41. The van der Waals surface area contributed by atoms with Gasteiger partial charge in [-0.1, -0.05) is 54.6 Å². The Morgan fingerprint density at radius 3 is 2.04 bits per heavy atom. The highest BCUT2D eigenvalue weighted by Gasteiger charge is 2.22. The molecule has 0 unspecified atom stereocenters. The summed E-state index contributed by atoms with van der Waals surface area (Å²) in [7, 11) is 1.83. The SMILES string of the molecule is CC(=O)c1c(-c2ccc(-c3ccccc3)cc2)c(C#N)c(C)n1C. The van der Waals surface area contributed by atoms with Gasteiger partial charge in [0, 0.05) is 25.2 Å². The lowest BCUT2D eigenvalue weighted by atomic mass is 9.97. The van der Waals surface area contributed by atoms with Gasteiger partial charge in [0.25, 0.3) is 0 Å². The first-order chi connectivity index (χ1) is 11.5. The summed E-state index contributed by atoms with van der Waals surface area (Å²) in [5.41, 5.74) is 5.82. The highest BCUT2D eigenvalue weighted by molar-refractivity contribution is 6.01. The standard InChI is InChI=1S/C21H18N2O/c1-14-19(13-22)20(21(15(2)24)23(14)3)18-11-9-17(10-12-18)16-7-5-4-6-8-16/h4-12H,1-3H3. The Morgan fingerprint density at radius 2 is 1.50 bits per heavy atom. The summed E-state index contributed by atoms with van der Waals surface area (Å²) in [5, 5.41) is 9.54. The average molecular weight is 314 g/mol. The predicted molar refractivity (Wildman–Crippen MR) is 95.7 cm³/mol. The number of ketones is 1. The highest BCUT2D eigenvalue weighted by atomic mass is 16.1. The van der Waals surface area contributed by atoms with E-state index in [0.717, 1.165) is 27.9 Å². The van der Waals surface area contributed by atoms with Crippen LogP contribution in [0.2, 0.25) is 0 Å². The third kappa shape index (κ3) is 2.53. The Hall–Kier alpha value is -3.12. The molecule has 3 heteroatoms. The molecule has 2 aromatic carbocycles. The molecule has 0 N–H and O–H groups in total. The summed E-state index contributed by atoms with van der Waals surface area (Å²) in [6.07, 6.45) is 0. The molecule has 0 saturated carbocycles. The molecule has 0 radical (unpaired) electrons. The minimum atomic E-state index is -0.0377. The molecular weight excluding hydrogens is 296 g/mol. The van der Waals surface area contributed by atoms with Crippen molar-refractivity contribution in [3.05, 3.63) is 71.5 Å². The molecule has 3 aromatic rings. The number of nitrogens with zero attached hydrogens (tertiary/aromatic N) is 2.